The summed E-state index contributed by atoms with van der Waals surface area (Å²) in [4.78, 5) is 78.8. The average molecular weight is 744 g/mol. The normalized spacial score (nSPS) is 23.8. The number of carbonyl (C=O) groups excluding carboxylic acids is 5. The summed E-state index contributed by atoms with van der Waals surface area (Å²) < 4.78 is 14.1. The zero-order chi connectivity index (χ0) is 37.8. The van der Waals surface area contributed by atoms with Crippen LogP contribution >= 0.6 is 0 Å². The Kier molecular flexibility index (Phi) is 8.70. The first kappa shape index (κ1) is 34.5. The summed E-state index contributed by atoms with van der Waals surface area (Å²) in [5.41, 5.74) is 2.44. The molecule has 15 heteroatoms. The predicted molar refractivity (Wildman–Crippen MR) is 199 cm³/mol. The Balaban J connectivity index is 0.831. The van der Waals surface area contributed by atoms with Crippen molar-refractivity contribution in [2.24, 2.45) is 16.0 Å². The van der Waals surface area contributed by atoms with Crippen LogP contribution in [0.2, 0.25) is 0 Å². The number of amidine groups is 2. The van der Waals surface area contributed by atoms with Crippen molar-refractivity contribution in [3.63, 3.8) is 0 Å². The third kappa shape index (κ3) is 6.32. The highest BCUT2D eigenvalue weighted by Gasteiger charge is 2.45. The molecule has 0 radical (unpaired) electrons. The number of piperidine rings is 2. The number of aliphatic imine (C=N–C) groups is 1. The highest BCUT2D eigenvalue weighted by atomic mass is 19.1. The van der Waals surface area contributed by atoms with Gasteiger partial charge < -0.3 is 15.1 Å². The van der Waals surface area contributed by atoms with Gasteiger partial charge in [-0.05, 0) is 92.3 Å². The Labute approximate surface area is 315 Å². The Morgan fingerprint density at radius 2 is 1.62 bits per heavy atom. The molecule has 55 heavy (non-hydrogen) atoms. The second kappa shape index (κ2) is 13.9. The maximum atomic E-state index is 14.1. The number of nitrogens with one attached hydrogen (secondary N) is 2. The zero-order valence-corrected chi connectivity index (χ0v) is 29.9. The van der Waals surface area contributed by atoms with E-state index >= 15 is 0 Å². The van der Waals surface area contributed by atoms with Gasteiger partial charge in [0.15, 0.2) is 0 Å². The molecule has 0 bridgehead atoms. The van der Waals surface area contributed by atoms with Crippen molar-refractivity contribution in [1.29, 1.82) is 0 Å². The number of anilines is 2. The number of likely N-dealkylation sites (tertiary alicyclic amines) is 1. The maximum Gasteiger partial charge on any atom is 0.262 e. The van der Waals surface area contributed by atoms with Gasteiger partial charge in [-0.15, -0.1) is 0 Å². The Hall–Kier alpha value is -6.25. The minimum Gasteiger partial charge on any atom is -0.357 e. The molecule has 5 amide bonds. The summed E-state index contributed by atoms with van der Waals surface area (Å²) in [6.07, 6.45) is 7.17. The number of rotatable bonds is 6. The van der Waals surface area contributed by atoms with E-state index in [0.29, 0.717) is 38.2 Å². The Morgan fingerprint density at radius 1 is 0.818 bits per heavy atom. The van der Waals surface area contributed by atoms with Crippen molar-refractivity contribution in [1.82, 2.24) is 25.1 Å². The first-order valence-corrected chi connectivity index (χ1v) is 18.7. The number of imide groups is 2. The lowest BCUT2D eigenvalue weighted by Crippen LogP contribution is -2.54. The van der Waals surface area contributed by atoms with Gasteiger partial charge in [0.1, 0.15) is 35.4 Å². The molecule has 14 nitrogen and oxygen atoms in total. The van der Waals surface area contributed by atoms with E-state index in [1.165, 1.54) is 18.2 Å². The number of hydrogen-bond donors (Lipinski definition) is 2. The third-order valence-corrected chi connectivity index (χ3v) is 11.3. The number of hydrazone groups is 1. The lowest BCUT2D eigenvalue weighted by molar-refractivity contribution is -0.136. The molecule has 3 unspecified atom stereocenters. The van der Waals surface area contributed by atoms with Crippen molar-refractivity contribution in [2.45, 2.75) is 56.7 Å². The minimum atomic E-state index is -1.06. The number of amides is 5. The fourth-order valence-electron chi connectivity index (χ4n) is 8.47. The van der Waals surface area contributed by atoms with Gasteiger partial charge in [0, 0.05) is 37.7 Å². The molecule has 3 atom stereocenters. The quantitative estimate of drug-likeness (QED) is 0.357. The van der Waals surface area contributed by atoms with Crippen molar-refractivity contribution in [3.05, 3.63) is 101 Å². The highest BCUT2D eigenvalue weighted by Crippen LogP contribution is 2.36. The zero-order valence-electron chi connectivity index (χ0n) is 29.9. The second-order valence-corrected chi connectivity index (χ2v) is 14.6. The molecule has 280 valence electrons. The fourth-order valence-corrected chi connectivity index (χ4v) is 8.47. The van der Waals surface area contributed by atoms with Crippen LogP contribution in [-0.4, -0.2) is 93.2 Å². The molecule has 3 aromatic rings. The van der Waals surface area contributed by atoms with Crippen molar-refractivity contribution in [3.8, 4) is 0 Å². The van der Waals surface area contributed by atoms with E-state index in [1.807, 2.05) is 41.4 Å². The van der Waals surface area contributed by atoms with Gasteiger partial charge in [0.2, 0.25) is 17.7 Å². The molecule has 1 aromatic heterocycles. The largest absolute Gasteiger partial charge is 0.357 e. The van der Waals surface area contributed by atoms with Gasteiger partial charge in [-0.25, -0.2) is 14.4 Å². The van der Waals surface area contributed by atoms with Gasteiger partial charge in [0.25, 0.3) is 11.8 Å². The van der Waals surface area contributed by atoms with E-state index in [4.69, 9.17) is 15.1 Å². The Morgan fingerprint density at radius 3 is 2.44 bits per heavy atom. The number of benzene rings is 2. The molecule has 6 aliphatic rings. The van der Waals surface area contributed by atoms with Crippen molar-refractivity contribution < 1.29 is 28.4 Å². The van der Waals surface area contributed by atoms with Crippen LogP contribution in [-0.2, 0) is 14.4 Å². The highest BCUT2D eigenvalue weighted by molar-refractivity contribution is 6.24. The summed E-state index contributed by atoms with van der Waals surface area (Å²) in [7, 11) is 0. The summed E-state index contributed by atoms with van der Waals surface area (Å²) in [5.74, 6) is -0.613. The third-order valence-electron chi connectivity index (χ3n) is 11.3. The van der Waals surface area contributed by atoms with Crippen LogP contribution < -0.4 is 15.5 Å². The molecular weight excluding hydrogens is 705 g/mol. The number of halogens is 1. The molecular formula is C40H38FN9O5. The minimum absolute atomic E-state index is 0.0364. The van der Waals surface area contributed by atoms with Gasteiger partial charge in [-0.1, -0.05) is 18.2 Å². The van der Waals surface area contributed by atoms with Crippen LogP contribution in [0.25, 0.3) is 0 Å². The summed E-state index contributed by atoms with van der Waals surface area (Å²) in [6.45, 7) is 2.57. The van der Waals surface area contributed by atoms with Crippen molar-refractivity contribution in [2.75, 3.05) is 36.4 Å². The van der Waals surface area contributed by atoms with Crippen LogP contribution in [0.4, 0.5) is 15.9 Å². The Bertz CT molecular complexity index is 2230. The van der Waals surface area contributed by atoms with Crippen LogP contribution in [0.5, 0.6) is 0 Å². The first-order valence-electron chi connectivity index (χ1n) is 18.7. The van der Waals surface area contributed by atoms with E-state index in [-0.39, 0.29) is 53.7 Å². The monoisotopic (exact) mass is 743 g/mol. The molecule has 3 saturated heterocycles. The number of hydrogen-bond acceptors (Lipinski definition) is 11. The molecule has 0 spiro atoms. The molecule has 7 heterocycles. The standard InChI is InChI=1S/C40H38FN9O5/c41-25-5-1-4-24(20-25)30-7-3-17-48(30)35-13-12-33-42-22-32(50(33)46-35)29-6-2-8-34(44-29)47-18-15-23(16-19-47)37(52)43-26-9-10-27-28(21-26)40(55)49(39(27)54)31-11-14-36(51)45-38(31)53/h1-2,4-6,8-10,12-13,20-21,23,30-32H,3,7,11,14-19,22H2,(H,43,52)(H,45,51,53). The summed E-state index contributed by atoms with van der Waals surface area (Å²) >= 11 is 0. The molecule has 2 N–H and O–H groups in total. The topological polar surface area (TPSA) is 160 Å². The summed E-state index contributed by atoms with van der Waals surface area (Å²) in [6, 6.07) is 16.1. The van der Waals surface area contributed by atoms with Crippen molar-refractivity contribution >= 4 is 52.7 Å². The number of aromatic nitrogens is 1. The van der Waals surface area contributed by atoms with Crippen LogP contribution in [0.3, 0.4) is 0 Å². The van der Waals surface area contributed by atoms with E-state index in [0.717, 1.165) is 53.0 Å². The SMILES string of the molecule is O=C1CCC(N2C(=O)c3ccc(NC(=O)C4CCN(c5cccc(C6CN=C7C=CC(N8CCCC8c8cccc(F)c8)=NN76)n5)CC4)cc3C2=O)C(=O)N1. The molecule has 2 aromatic carbocycles. The fraction of sp³-hybridized carbons (Fsp3) is 0.350. The van der Waals surface area contributed by atoms with E-state index in [1.54, 1.807) is 18.2 Å². The van der Waals surface area contributed by atoms with Gasteiger partial charge in [-0.2, -0.15) is 5.10 Å². The molecule has 0 aliphatic carbocycles. The number of fused-ring (bicyclic) bond motifs is 2. The smallest absolute Gasteiger partial charge is 0.262 e. The van der Waals surface area contributed by atoms with Crippen LogP contribution in [0.1, 0.15) is 82.6 Å². The van der Waals surface area contributed by atoms with Crippen LogP contribution in [0, 0.1) is 11.7 Å². The lowest BCUT2D eigenvalue weighted by Gasteiger charge is -2.33. The summed E-state index contributed by atoms with van der Waals surface area (Å²) in [5, 5.41) is 12.1. The lowest BCUT2D eigenvalue weighted by atomic mass is 9.95. The van der Waals surface area contributed by atoms with Gasteiger partial charge in [0.05, 0.1) is 29.4 Å². The first-order chi connectivity index (χ1) is 26.7. The van der Waals surface area contributed by atoms with E-state index < -0.39 is 29.7 Å². The van der Waals surface area contributed by atoms with Gasteiger partial charge in [-0.3, -0.25) is 39.2 Å². The van der Waals surface area contributed by atoms with E-state index in [9.17, 15) is 28.4 Å². The average Bonchev–Trinajstić information content (AvgIpc) is 3.92. The molecule has 6 aliphatic heterocycles. The number of carbonyl (C=O) groups is 5. The van der Waals surface area contributed by atoms with Crippen LogP contribution in [0.15, 0.2) is 82.9 Å². The second-order valence-electron chi connectivity index (χ2n) is 14.6. The molecule has 9 rings (SSSR count). The van der Waals surface area contributed by atoms with Gasteiger partial charge >= 0.3 is 0 Å². The number of nitrogens with zero attached hydrogens (tertiary/aromatic N) is 7. The molecule has 0 saturated carbocycles. The van der Waals surface area contributed by atoms with E-state index in [2.05, 4.69) is 20.4 Å². The number of pyridine rings is 1. The molecule has 3 fully saturated rings. The predicted octanol–water partition coefficient (Wildman–Crippen LogP) is 3.95. The maximum absolute atomic E-state index is 14.1.